The Balaban J connectivity index is 1.90. The second-order valence-corrected chi connectivity index (χ2v) is 5.35. The van der Waals surface area contributed by atoms with Crippen molar-refractivity contribution >= 4 is 5.91 Å². The summed E-state index contributed by atoms with van der Waals surface area (Å²) in [7, 11) is 0. The van der Waals surface area contributed by atoms with Gasteiger partial charge in [0.25, 0.3) is 0 Å². The number of amides is 1. The van der Waals surface area contributed by atoms with Gasteiger partial charge in [0, 0.05) is 18.9 Å². The van der Waals surface area contributed by atoms with Gasteiger partial charge in [-0.25, -0.2) is 0 Å². The topological polar surface area (TPSA) is 34.0 Å². The Morgan fingerprint density at radius 3 is 2.35 bits per heavy atom. The van der Waals surface area contributed by atoms with E-state index < -0.39 is 0 Å². The maximum atomic E-state index is 12.3. The normalized spacial score (nSPS) is 12.3. The first-order valence-electron chi connectivity index (χ1n) is 7.12. The lowest BCUT2D eigenvalue weighted by Crippen LogP contribution is -2.36. The molecule has 0 aliphatic carbocycles. The van der Waals surface area contributed by atoms with Crippen LogP contribution in [0, 0.1) is 5.92 Å². The number of carbonyl (C=O) groups is 1. The third kappa shape index (κ3) is 3.73. The molecule has 1 heterocycles. The highest BCUT2D eigenvalue weighted by molar-refractivity contribution is 5.80. The molecule has 0 aliphatic rings. The second-order valence-electron chi connectivity index (χ2n) is 5.35. The molecule has 106 valence electrons. The van der Waals surface area contributed by atoms with E-state index >= 15 is 0 Å². The molecule has 1 aromatic carbocycles. The molecule has 1 atom stereocenters. The molecule has 0 radical (unpaired) electrons. The molecule has 0 bridgehead atoms. The number of nitrogens with zero attached hydrogens (tertiary/aromatic N) is 1. The molecule has 20 heavy (non-hydrogen) atoms. The molecule has 1 aromatic heterocycles. The molecule has 0 unspecified atom stereocenters. The van der Waals surface area contributed by atoms with Crippen LogP contribution in [0.1, 0.15) is 25.5 Å². The molecule has 0 saturated heterocycles. The molecule has 3 heteroatoms. The van der Waals surface area contributed by atoms with E-state index in [1.54, 1.807) is 0 Å². The summed E-state index contributed by atoms with van der Waals surface area (Å²) in [6.45, 7) is 4.82. The van der Waals surface area contributed by atoms with Crippen molar-refractivity contribution in [3.05, 3.63) is 60.4 Å². The van der Waals surface area contributed by atoms with E-state index in [-0.39, 0.29) is 17.9 Å². The summed E-state index contributed by atoms with van der Waals surface area (Å²) in [6, 6.07) is 14.0. The Kier molecular flexibility index (Phi) is 4.99. The molecule has 0 saturated carbocycles. The number of nitrogens with one attached hydrogen (secondary N) is 1. The zero-order valence-electron chi connectivity index (χ0n) is 12.1. The monoisotopic (exact) mass is 270 g/mol. The number of aromatic nitrogens is 1. The van der Waals surface area contributed by atoms with Gasteiger partial charge in [-0.3, -0.25) is 4.79 Å². The molecule has 0 aliphatic heterocycles. The molecular formula is C17H22N2O. The highest BCUT2D eigenvalue weighted by Crippen LogP contribution is 2.17. The molecule has 3 nitrogen and oxygen atoms in total. The van der Waals surface area contributed by atoms with E-state index in [0.29, 0.717) is 6.54 Å². The third-order valence-corrected chi connectivity index (χ3v) is 3.40. The predicted molar refractivity (Wildman–Crippen MR) is 81.5 cm³/mol. The highest BCUT2D eigenvalue weighted by atomic mass is 16.2. The minimum atomic E-state index is -0.138. The summed E-state index contributed by atoms with van der Waals surface area (Å²) >= 11 is 0. The fourth-order valence-corrected chi connectivity index (χ4v) is 2.39. The summed E-state index contributed by atoms with van der Waals surface area (Å²) in [4.78, 5) is 12.3. The number of rotatable bonds is 6. The zero-order valence-corrected chi connectivity index (χ0v) is 12.1. The quantitative estimate of drug-likeness (QED) is 0.860. The smallest absolute Gasteiger partial charge is 0.243 e. The molecular weight excluding hydrogens is 248 g/mol. The summed E-state index contributed by atoms with van der Waals surface area (Å²) in [5, 5.41) is 3.04. The fraction of sp³-hybridized carbons (Fsp3) is 0.353. The predicted octanol–water partition coefficient (Wildman–Crippen LogP) is 3.04. The summed E-state index contributed by atoms with van der Waals surface area (Å²) in [6.07, 6.45) is 4.76. The van der Waals surface area contributed by atoms with Crippen molar-refractivity contribution in [2.24, 2.45) is 5.92 Å². The van der Waals surface area contributed by atoms with Gasteiger partial charge in [-0.15, -0.1) is 0 Å². The van der Waals surface area contributed by atoms with Crippen LogP contribution in [0.2, 0.25) is 0 Å². The maximum absolute atomic E-state index is 12.3. The van der Waals surface area contributed by atoms with Crippen LogP contribution in [-0.4, -0.2) is 17.0 Å². The lowest BCUT2D eigenvalue weighted by atomic mass is 10.0. The lowest BCUT2D eigenvalue weighted by Gasteiger charge is -2.22. The number of hydrogen-bond acceptors (Lipinski definition) is 1. The van der Waals surface area contributed by atoms with E-state index in [2.05, 4.69) is 31.3 Å². The van der Waals surface area contributed by atoms with E-state index in [4.69, 9.17) is 0 Å². The van der Waals surface area contributed by atoms with Gasteiger partial charge in [0.1, 0.15) is 6.04 Å². The second kappa shape index (κ2) is 6.94. The summed E-state index contributed by atoms with van der Waals surface area (Å²) in [5.74, 6) is 0.353. The zero-order chi connectivity index (χ0) is 14.4. The first kappa shape index (κ1) is 14.4. The van der Waals surface area contributed by atoms with Crippen LogP contribution in [0.3, 0.4) is 0 Å². The fourth-order valence-electron chi connectivity index (χ4n) is 2.39. The van der Waals surface area contributed by atoms with E-state index in [9.17, 15) is 4.79 Å². The SMILES string of the molecule is CC(C)[C@@H](C(=O)NCCc1ccccc1)n1cccc1. The van der Waals surface area contributed by atoms with Gasteiger partial charge in [-0.1, -0.05) is 44.2 Å². The van der Waals surface area contributed by atoms with E-state index in [0.717, 1.165) is 6.42 Å². The maximum Gasteiger partial charge on any atom is 0.243 e. The van der Waals surface area contributed by atoms with Crippen LogP contribution in [0.4, 0.5) is 0 Å². The Morgan fingerprint density at radius 1 is 1.10 bits per heavy atom. The first-order chi connectivity index (χ1) is 9.68. The van der Waals surface area contributed by atoms with Crippen molar-refractivity contribution in [3.8, 4) is 0 Å². The molecule has 2 rings (SSSR count). The van der Waals surface area contributed by atoms with Crippen LogP contribution in [0.15, 0.2) is 54.9 Å². The molecule has 0 spiro atoms. The Morgan fingerprint density at radius 2 is 1.75 bits per heavy atom. The third-order valence-electron chi connectivity index (χ3n) is 3.40. The average Bonchev–Trinajstić information content (AvgIpc) is 2.93. The van der Waals surface area contributed by atoms with Gasteiger partial charge in [-0.05, 0) is 30.0 Å². The van der Waals surface area contributed by atoms with Gasteiger partial charge >= 0.3 is 0 Å². The van der Waals surface area contributed by atoms with Crippen molar-refractivity contribution in [2.45, 2.75) is 26.3 Å². The van der Waals surface area contributed by atoms with Crippen molar-refractivity contribution in [1.29, 1.82) is 0 Å². The van der Waals surface area contributed by atoms with Gasteiger partial charge in [0.15, 0.2) is 0 Å². The minimum Gasteiger partial charge on any atom is -0.354 e. The van der Waals surface area contributed by atoms with Crippen molar-refractivity contribution < 1.29 is 4.79 Å². The lowest BCUT2D eigenvalue weighted by molar-refractivity contribution is -0.125. The highest BCUT2D eigenvalue weighted by Gasteiger charge is 2.22. The summed E-state index contributed by atoms with van der Waals surface area (Å²) < 4.78 is 1.97. The Bertz CT molecular complexity index is 517. The van der Waals surface area contributed by atoms with Gasteiger partial charge in [0.05, 0.1) is 0 Å². The van der Waals surface area contributed by atoms with Crippen LogP contribution in [0.25, 0.3) is 0 Å². The van der Waals surface area contributed by atoms with E-state index in [1.165, 1.54) is 5.56 Å². The Labute approximate surface area is 120 Å². The van der Waals surface area contributed by atoms with Crippen molar-refractivity contribution in [3.63, 3.8) is 0 Å². The largest absolute Gasteiger partial charge is 0.354 e. The molecule has 1 N–H and O–H groups in total. The summed E-state index contributed by atoms with van der Waals surface area (Å²) in [5.41, 5.74) is 1.25. The van der Waals surface area contributed by atoms with Crippen LogP contribution in [0.5, 0.6) is 0 Å². The number of benzene rings is 1. The number of carbonyl (C=O) groups excluding carboxylic acids is 1. The molecule has 2 aromatic rings. The first-order valence-corrected chi connectivity index (χ1v) is 7.12. The van der Waals surface area contributed by atoms with Gasteiger partial charge in [0.2, 0.25) is 5.91 Å². The number of hydrogen-bond donors (Lipinski definition) is 1. The standard InChI is InChI=1S/C17H22N2O/c1-14(2)16(19-12-6-7-13-19)17(20)18-11-10-15-8-4-3-5-9-15/h3-9,12-14,16H,10-11H2,1-2H3,(H,18,20)/t16-/m0/s1. The molecule has 1 amide bonds. The van der Waals surface area contributed by atoms with Crippen molar-refractivity contribution in [2.75, 3.05) is 6.54 Å². The van der Waals surface area contributed by atoms with Crippen LogP contribution in [-0.2, 0) is 11.2 Å². The Hall–Kier alpha value is -2.03. The molecule has 0 fully saturated rings. The van der Waals surface area contributed by atoms with E-state index in [1.807, 2.05) is 47.3 Å². The minimum absolute atomic E-state index is 0.0899. The van der Waals surface area contributed by atoms with Gasteiger partial charge < -0.3 is 9.88 Å². The van der Waals surface area contributed by atoms with Crippen LogP contribution < -0.4 is 5.32 Å². The van der Waals surface area contributed by atoms with Crippen LogP contribution >= 0.6 is 0 Å². The van der Waals surface area contributed by atoms with Gasteiger partial charge in [-0.2, -0.15) is 0 Å². The average molecular weight is 270 g/mol. The van der Waals surface area contributed by atoms with Crippen molar-refractivity contribution in [1.82, 2.24) is 9.88 Å².